The van der Waals surface area contributed by atoms with E-state index in [-0.39, 0.29) is 12.4 Å². The Kier molecular flexibility index (Phi) is 6.40. The second-order valence-electron chi connectivity index (χ2n) is 6.49. The van der Waals surface area contributed by atoms with Crippen LogP contribution in [0, 0.1) is 11.8 Å². The molecule has 3 fully saturated rings. The molecule has 0 radical (unpaired) electrons. The topological polar surface area (TPSA) is 24.5 Å². The fourth-order valence-electron chi connectivity index (χ4n) is 3.19. The fraction of sp³-hybridized carbons (Fsp3) is 1.00. The number of hydrogen-bond donors (Lipinski definition) is 1. The first-order valence-corrected chi connectivity index (χ1v) is 7.93. The number of rotatable bonds is 6. The highest BCUT2D eigenvalue weighted by molar-refractivity contribution is 5.85. The van der Waals surface area contributed by atoms with Gasteiger partial charge in [0.15, 0.2) is 0 Å². The van der Waals surface area contributed by atoms with E-state index in [9.17, 15) is 0 Å². The van der Waals surface area contributed by atoms with E-state index >= 15 is 0 Å². The van der Waals surface area contributed by atoms with E-state index in [1.807, 2.05) is 0 Å². The van der Waals surface area contributed by atoms with E-state index in [0.717, 1.165) is 31.1 Å². The maximum absolute atomic E-state index is 5.45. The second kappa shape index (κ2) is 7.82. The standard InChI is InChI=1S/C15H28N2O.ClH/c1-2-13(1)11-16-15-4-8-17(9-5-15)7-3-14-6-10-18-12-14;/h13-16H,1-12H2;1H. The van der Waals surface area contributed by atoms with E-state index in [1.165, 1.54) is 64.7 Å². The first kappa shape index (κ1) is 15.6. The van der Waals surface area contributed by atoms with Gasteiger partial charge in [-0.1, -0.05) is 0 Å². The lowest BCUT2D eigenvalue weighted by molar-refractivity contribution is 0.165. The van der Waals surface area contributed by atoms with Gasteiger partial charge >= 0.3 is 0 Å². The van der Waals surface area contributed by atoms with Crippen molar-refractivity contribution in [3.05, 3.63) is 0 Å². The summed E-state index contributed by atoms with van der Waals surface area (Å²) in [5.74, 6) is 1.86. The molecule has 0 bridgehead atoms. The summed E-state index contributed by atoms with van der Waals surface area (Å²) in [4.78, 5) is 2.66. The van der Waals surface area contributed by atoms with Crippen LogP contribution in [0.2, 0.25) is 0 Å². The molecule has 1 saturated carbocycles. The number of halogens is 1. The number of piperidine rings is 1. The van der Waals surface area contributed by atoms with Crippen LogP contribution in [-0.2, 0) is 4.74 Å². The van der Waals surface area contributed by atoms with Gasteiger partial charge in [0, 0.05) is 19.3 Å². The Morgan fingerprint density at radius 3 is 2.42 bits per heavy atom. The molecule has 2 saturated heterocycles. The van der Waals surface area contributed by atoms with Crippen LogP contribution in [0.4, 0.5) is 0 Å². The highest BCUT2D eigenvalue weighted by atomic mass is 35.5. The molecule has 3 aliphatic rings. The molecule has 0 aromatic carbocycles. The van der Waals surface area contributed by atoms with Crippen LogP contribution >= 0.6 is 12.4 Å². The predicted octanol–water partition coefficient (Wildman–Crippen LogP) is 2.30. The van der Waals surface area contributed by atoms with Crippen LogP contribution in [0.25, 0.3) is 0 Å². The molecule has 1 N–H and O–H groups in total. The SMILES string of the molecule is C1CC(CCN2CCC(NCC3CC3)CC2)CO1.Cl. The van der Waals surface area contributed by atoms with Gasteiger partial charge in [0.2, 0.25) is 0 Å². The average molecular weight is 289 g/mol. The summed E-state index contributed by atoms with van der Waals surface area (Å²) in [6.45, 7) is 7.19. The van der Waals surface area contributed by atoms with Gasteiger partial charge in [-0.05, 0) is 76.5 Å². The van der Waals surface area contributed by atoms with Crippen molar-refractivity contribution in [1.29, 1.82) is 0 Å². The molecule has 0 spiro atoms. The molecule has 1 unspecified atom stereocenters. The number of ether oxygens (including phenoxy) is 1. The molecule has 4 heteroatoms. The van der Waals surface area contributed by atoms with Gasteiger partial charge in [-0.25, -0.2) is 0 Å². The third kappa shape index (κ3) is 5.22. The van der Waals surface area contributed by atoms with Crippen molar-refractivity contribution >= 4 is 12.4 Å². The van der Waals surface area contributed by atoms with Crippen LogP contribution in [0.1, 0.15) is 38.5 Å². The zero-order chi connectivity index (χ0) is 12.2. The normalized spacial score (nSPS) is 29.4. The summed E-state index contributed by atoms with van der Waals surface area (Å²) in [6.07, 6.45) is 8.28. The summed E-state index contributed by atoms with van der Waals surface area (Å²) in [5, 5.41) is 3.75. The summed E-state index contributed by atoms with van der Waals surface area (Å²) < 4.78 is 5.45. The smallest absolute Gasteiger partial charge is 0.0495 e. The Labute approximate surface area is 123 Å². The maximum atomic E-state index is 5.45. The lowest BCUT2D eigenvalue weighted by Crippen LogP contribution is -2.43. The Morgan fingerprint density at radius 1 is 1.00 bits per heavy atom. The highest BCUT2D eigenvalue weighted by Crippen LogP contribution is 2.28. The van der Waals surface area contributed by atoms with Crippen LogP contribution in [0.3, 0.4) is 0 Å². The summed E-state index contributed by atoms with van der Waals surface area (Å²) in [6, 6.07) is 0.802. The van der Waals surface area contributed by atoms with Crippen LogP contribution in [-0.4, -0.2) is 50.3 Å². The minimum atomic E-state index is 0. The van der Waals surface area contributed by atoms with Crippen molar-refractivity contribution in [2.75, 3.05) is 39.4 Å². The second-order valence-corrected chi connectivity index (χ2v) is 6.49. The molecular weight excluding hydrogens is 260 g/mol. The zero-order valence-corrected chi connectivity index (χ0v) is 12.8. The molecule has 3 nitrogen and oxygen atoms in total. The fourth-order valence-corrected chi connectivity index (χ4v) is 3.19. The third-order valence-electron chi connectivity index (χ3n) is 4.86. The van der Waals surface area contributed by atoms with E-state index in [4.69, 9.17) is 4.74 Å². The Bertz CT molecular complexity index is 247. The van der Waals surface area contributed by atoms with Crippen LogP contribution < -0.4 is 5.32 Å². The van der Waals surface area contributed by atoms with Gasteiger partial charge in [-0.15, -0.1) is 12.4 Å². The Hall–Kier alpha value is 0.170. The quantitative estimate of drug-likeness (QED) is 0.812. The van der Waals surface area contributed by atoms with E-state index in [1.54, 1.807) is 0 Å². The van der Waals surface area contributed by atoms with Crippen molar-refractivity contribution in [1.82, 2.24) is 10.2 Å². The molecule has 1 aliphatic carbocycles. The third-order valence-corrected chi connectivity index (χ3v) is 4.86. The zero-order valence-electron chi connectivity index (χ0n) is 12.0. The minimum absolute atomic E-state index is 0. The molecule has 2 aliphatic heterocycles. The number of hydrogen-bond acceptors (Lipinski definition) is 3. The first-order valence-electron chi connectivity index (χ1n) is 7.93. The Morgan fingerprint density at radius 2 is 1.79 bits per heavy atom. The van der Waals surface area contributed by atoms with Crippen LogP contribution in [0.5, 0.6) is 0 Å². The summed E-state index contributed by atoms with van der Waals surface area (Å²) in [5.41, 5.74) is 0. The van der Waals surface area contributed by atoms with Crippen LogP contribution in [0.15, 0.2) is 0 Å². The summed E-state index contributed by atoms with van der Waals surface area (Å²) >= 11 is 0. The summed E-state index contributed by atoms with van der Waals surface area (Å²) in [7, 11) is 0. The molecule has 19 heavy (non-hydrogen) atoms. The number of nitrogens with one attached hydrogen (secondary N) is 1. The molecule has 0 aromatic rings. The lowest BCUT2D eigenvalue weighted by atomic mass is 10.0. The van der Waals surface area contributed by atoms with Crippen molar-refractivity contribution in [3.63, 3.8) is 0 Å². The number of nitrogens with zero attached hydrogens (tertiary/aromatic N) is 1. The van der Waals surface area contributed by atoms with E-state index in [0.29, 0.717) is 0 Å². The van der Waals surface area contributed by atoms with Crippen molar-refractivity contribution in [2.45, 2.75) is 44.6 Å². The monoisotopic (exact) mass is 288 g/mol. The molecule has 1 atom stereocenters. The lowest BCUT2D eigenvalue weighted by Gasteiger charge is -2.33. The highest BCUT2D eigenvalue weighted by Gasteiger charge is 2.24. The average Bonchev–Trinajstić information content (AvgIpc) is 3.09. The van der Waals surface area contributed by atoms with E-state index in [2.05, 4.69) is 10.2 Å². The van der Waals surface area contributed by atoms with Gasteiger partial charge in [-0.2, -0.15) is 0 Å². The predicted molar refractivity (Wildman–Crippen MR) is 81.0 cm³/mol. The van der Waals surface area contributed by atoms with Gasteiger partial charge in [-0.3, -0.25) is 0 Å². The van der Waals surface area contributed by atoms with Crippen molar-refractivity contribution in [2.24, 2.45) is 11.8 Å². The van der Waals surface area contributed by atoms with Crippen molar-refractivity contribution < 1.29 is 4.74 Å². The Balaban J connectivity index is 0.00000133. The molecule has 0 amide bonds. The van der Waals surface area contributed by atoms with Crippen molar-refractivity contribution in [3.8, 4) is 0 Å². The number of likely N-dealkylation sites (tertiary alicyclic amines) is 1. The van der Waals surface area contributed by atoms with Gasteiger partial charge in [0.25, 0.3) is 0 Å². The van der Waals surface area contributed by atoms with Gasteiger partial charge in [0.1, 0.15) is 0 Å². The first-order chi connectivity index (χ1) is 8.90. The van der Waals surface area contributed by atoms with E-state index < -0.39 is 0 Å². The molecule has 2 heterocycles. The molecular formula is C15H29ClN2O. The minimum Gasteiger partial charge on any atom is -0.381 e. The molecule has 112 valence electrons. The molecule has 3 rings (SSSR count). The van der Waals surface area contributed by atoms with Gasteiger partial charge < -0.3 is 15.0 Å². The maximum Gasteiger partial charge on any atom is 0.0495 e. The van der Waals surface area contributed by atoms with Gasteiger partial charge in [0.05, 0.1) is 0 Å². The largest absolute Gasteiger partial charge is 0.381 e. The molecule has 0 aromatic heterocycles.